The molecule has 0 aliphatic heterocycles. The zero-order valence-corrected chi connectivity index (χ0v) is 27.0. The minimum absolute atomic E-state index is 0.0629. The predicted octanol–water partition coefficient (Wildman–Crippen LogP) is 6.62. The number of aromatic hydroxyl groups is 1. The second-order valence-corrected chi connectivity index (χ2v) is 14.4. The summed E-state index contributed by atoms with van der Waals surface area (Å²) in [5.74, 6) is -4.78. The maximum absolute atomic E-state index is 14.5. The highest BCUT2D eigenvalue weighted by molar-refractivity contribution is 6.24. The number of allylic oxidation sites excluding steroid dienone is 1. The van der Waals surface area contributed by atoms with Gasteiger partial charge in [0, 0.05) is 22.3 Å². The molecule has 44 heavy (non-hydrogen) atoms. The van der Waals surface area contributed by atoms with E-state index in [0.717, 1.165) is 30.9 Å². The van der Waals surface area contributed by atoms with Gasteiger partial charge >= 0.3 is 0 Å². The highest BCUT2D eigenvalue weighted by Crippen LogP contribution is 2.65. The molecule has 3 aliphatic carbocycles. The summed E-state index contributed by atoms with van der Waals surface area (Å²) in [6.45, 7) is 14.6. The van der Waals surface area contributed by atoms with E-state index in [-0.39, 0.29) is 35.6 Å². The van der Waals surface area contributed by atoms with E-state index in [4.69, 9.17) is 0 Å². The van der Waals surface area contributed by atoms with E-state index < -0.39 is 56.8 Å². The molecule has 5 rings (SSSR count). The van der Waals surface area contributed by atoms with Crippen molar-refractivity contribution in [3.63, 3.8) is 0 Å². The highest BCUT2D eigenvalue weighted by Gasteiger charge is 2.72. The molecule has 0 amide bonds. The van der Waals surface area contributed by atoms with E-state index in [1.165, 1.54) is 17.2 Å². The smallest absolute Gasteiger partial charge is 0.203 e. The number of aliphatic hydroxyl groups excluding tert-OH is 2. The van der Waals surface area contributed by atoms with Crippen molar-refractivity contribution in [2.75, 3.05) is 0 Å². The number of rotatable bonds is 6. The molecule has 7 heteroatoms. The number of hydrogen-bond donors (Lipinski definition) is 4. The standard InChI is InChI=1S/C37H44O7/c1-9-21-10-11-22(15-23(21)14-18(2)3)24-12-13-26(39)28-25(24)16-35(7)17-36(8)29(19(4)5)31(40)27(20(6)38)33(42)37(36,44)34(43)30(35)32(28)41/h10-13,15,18-19,29,39,41-42,44H,9,14,16-17H2,1-8H3/t29?,35-,36-,37+/m1/s1. The summed E-state index contributed by atoms with van der Waals surface area (Å²) in [5, 5.41) is 46.5. The van der Waals surface area contributed by atoms with Gasteiger partial charge < -0.3 is 20.4 Å². The lowest BCUT2D eigenvalue weighted by Gasteiger charge is -2.59. The van der Waals surface area contributed by atoms with Crippen LogP contribution in [0.25, 0.3) is 16.9 Å². The van der Waals surface area contributed by atoms with Gasteiger partial charge in [-0.1, -0.05) is 72.7 Å². The van der Waals surface area contributed by atoms with Crippen LogP contribution in [0.5, 0.6) is 5.75 Å². The molecule has 1 saturated carbocycles. The summed E-state index contributed by atoms with van der Waals surface area (Å²) in [4.78, 5) is 40.8. The summed E-state index contributed by atoms with van der Waals surface area (Å²) in [6, 6.07) is 9.64. The van der Waals surface area contributed by atoms with Gasteiger partial charge in [0.1, 0.15) is 22.8 Å². The Morgan fingerprint density at radius 1 is 1.00 bits per heavy atom. The van der Waals surface area contributed by atoms with Gasteiger partial charge in [0.05, 0.1) is 5.56 Å². The van der Waals surface area contributed by atoms with Gasteiger partial charge in [0.2, 0.25) is 5.78 Å². The van der Waals surface area contributed by atoms with Gasteiger partial charge in [-0.05, 0) is 78.3 Å². The lowest BCUT2D eigenvalue weighted by Crippen LogP contribution is -2.69. The SMILES string of the molecule is CCc1ccc(-c2ccc(O)c3c2C[C@]2(C)C[C@]4(C)C(C(C)C)C(=O)C(C(C)=O)=C(O)[C@]4(O)C(=O)C2=C3O)cc1CC(C)C. The fourth-order valence-electron chi connectivity index (χ4n) is 8.76. The third-order valence-corrected chi connectivity index (χ3v) is 10.4. The van der Waals surface area contributed by atoms with Crippen molar-refractivity contribution in [3.05, 3.63) is 69.5 Å². The topological polar surface area (TPSA) is 132 Å². The zero-order chi connectivity index (χ0) is 32.7. The van der Waals surface area contributed by atoms with Crippen molar-refractivity contribution in [2.24, 2.45) is 28.6 Å². The number of aryl methyl sites for hydroxylation is 1. The quantitative estimate of drug-likeness (QED) is 0.274. The first-order chi connectivity index (χ1) is 20.4. The molecule has 4 N–H and O–H groups in total. The zero-order valence-electron chi connectivity index (χ0n) is 27.0. The van der Waals surface area contributed by atoms with Crippen LogP contribution in [0.3, 0.4) is 0 Å². The number of fused-ring (bicyclic) bond motifs is 3. The molecule has 0 spiro atoms. The molecule has 0 saturated heterocycles. The second kappa shape index (κ2) is 10.4. The van der Waals surface area contributed by atoms with Crippen molar-refractivity contribution in [2.45, 2.75) is 86.7 Å². The molecule has 0 heterocycles. The fourth-order valence-corrected chi connectivity index (χ4v) is 8.76. The summed E-state index contributed by atoms with van der Waals surface area (Å²) in [6.07, 6.45) is 2.10. The van der Waals surface area contributed by atoms with Crippen LogP contribution < -0.4 is 0 Å². The molecule has 0 radical (unpaired) electrons. The number of aliphatic hydroxyl groups is 3. The molecular formula is C37H44O7. The molecule has 7 nitrogen and oxygen atoms in total. The first kappa shape index (κ1) is 31.7. The molecule has 0 aromatic heterocycles. The average molecular weight is 601 g/mol. The minimum atomic E-state index is -2.62. The number of hydrogen-bond acceptors (Lipinski definition) is 7. The largest absolute Gasteiger partial charge is 0.508 e. The molecule has 2 aromatic rings. The van der Waals surface area contributed by atoms with Crippen molar-refractivity contribution >= 4 is 23.1 Å². The van der Waals surface area contributed by atoms with Crippen LogP contribution >= 0.6 is 0 Å². The Kier molecular flexibility index (Phi) is 7.52. The van der Waals surface area contributed by atoms with E-state index in [1.807, 2.05) is 19.1 Å². The Morgan fingerprint density at radius 2 is 1.66 bits per heavy atom. The Labute approximate surface area is 259 Å². The fraction of sp³-hybridized carbons (Fsp3) is 0.486. The molecule has 1 unspecified atom stereocenters. The number of Topliss-reactive ketones (excluding diaryl/α,β-unsaturated/α-hetero) is 3. The lowest BCUT2D eigenvalue weighted by atomic mass is 9.43. The number of phenols is 1. The van der Waals surface area contributed by atoms with Gasteiger partial charge in [-0.3, -0.25) is 14.4 Å². The summed E-state index contributed by atoms with van der Waals surface area (Å²) in [5.41, 5.74) is -0.842. The van der Waals surface area contributed by atoms with Crippen LogP contribution in [0, 0.1) is 28.6 Å². The van der Waals surface area contributed by atoms with Crippen LogP contribution in [0.1, 0.15) is 84.1 Å². The van der Waals surface area contributed by atoms with Gasteiger partial charge in [-0.25, -0.2) is 0 Å². The van der Waals surface area contributed by atoms with E-state index in [9.17, 15) is 34.8 Å². The van der Waals surface area contributed by atoms with Crippen LogP contribution in [-0.2, 0) is 33.6 Å². The van der Waals surface area contributed by atoms with Gasteiger partial charge in [0.15, 0.2) is 17.2 Å². The van der Waals surface area contributed by atoms with Gasteiger partial charge in [-0.2, -0.15) is 0 Å². The van der Waals surface area contributed by atoms with E-state index in [0.29, 0.717) is 11.5 Å². The van der Waals surface area contributed by atoms with Crippen molar-refractivity contribution in [3.8, 4) is 16.9 Å². The summed E-state index contributed by atoms with van der Waals surface area (Å²) < 4.78 is 0. The molecule has 2 aromatic carbocycles. The van der Waals surface area contributed by atoms with E-state index in [1.54, 1.807) is 20.8 Å². The van der Waals surface area contributed by atoms with Crippen molar-refractivity contribution in [1.29, 1.82) is 0 Å². The van der Waals surface area contributed by atoms with Crippen LogP contribution in [0.2, 0.25) is 0 Å². The summed E-state index contributed by atoms with van der Waals surface area (Å²) >= 11 is 0. The number of phenolic OH excluding ortho intramolecular Hbond substituents is 1. The van der Waals surface area contributed by atoms with E-state index >= 15 is 0 Å². The normalized spacial score (nSPS) is 28.4. The molecule has 234 valence electrons. The predicted molar refractivity (Wildman–Crippen MR) is 169 cm³/mol. The number of benzene rings is 2. The van der Waals surface area contributed by atoms with Crippen LogP contribution in [0.15, 0.2) is 47.2 Å². The number of carbonyl (C=O) groups excluding carboxylic acids is 3. The molecule has 1 fully saturated rings. The van der Waals surface area contributed by atoms with Gasteiger partial charge in [0.25, 0.3) is 0 Å². The third-order valence-electron chi connectivity index (χ3n) is 10.4. The van der Waals surface area contributed by atoms with E-state index in [2.05, 4.69) is 32.9 Å². The molecular weight excluding hydrogens is 556 g/mol. The minimum Gasteiger partial charge on any atom is -0.508 e. The van der Waals surface area contributed by atoms with Crippen molar-refractivity contribution < 1.29 is 34.8 Å². The van der Waals surface area contributed by atoms with Crippen molar-refractivity contribution in [1.82, 2.24) is 0 Å². The van der Waals surface area contributed by atoms with Crippen LogP contribution in [-0.4, -0.2) is 43.4 Å². The Morgan fingerprint density at radius 3 is 2.23 bits per heavy atom. The molecule has 4 atom stereocenters. The maximum atomic E-state index is 14.5. The second-order valence-electron chi connectivity index (χ2n) is 14.4. The molecule has 0 bridgehead atoms. The summed E-state index contributed by atoms with van der Waals surface area (Å²) in [7, 11) is 0. The molecule has 3 aliphatic rings. The number of ketones is 3. The third kappa shape index (κ3) is 4.22. The highest BCUT2D eigenvalue weighted by atomic mass is 16.3. The average Bonchev–Trinajstić information content (AvgIpc) is 2.90. The Balaban J connectivity index is 1.78. The lowest BCUT2D eigenvalue weighted by molar-refractivity contribution is -0.178. The first-order valence-electron chi connectivity index (χ1n) is 15.6. The Hall–Kier alpha value is -3.71. The Bertz CT molecular complexity index is 1670. The van der Waals surface area contributed by atoms with Crippen LogP contribution in [0.4, 0.5) is 0 Å². The van der Waals surface area contributed by atoms with Gasteiger partial charge in [-0.15, -0.1) is 0 Å². The maximum Gasteiger partial charge on any atom is 0.203 e. The first-order valence-corrected chi connectivity index (χ1v) is 15.6. The number of carbonyl (C=O) groups is 3. The monoisotopic (exact) mass is 600 g/mol.